The molecule has 1 rings (SSSR count). The van der Waals surface area contributed by atoms with Gasteiger partial charge in [0, 0.05) is 18.6 Å². The molecule has 0 aromatic rings. The van der Waals surface area contributed by atoms with E-state index in [1.807, 2.05) is 6.07 Å². The lowest BCUT2D eigenvalue weighted by molar-refractivity contribution is -0.120. The summed E-state index contributed by atoms with van der Waals surface area (Å²) in [4.78, 5) is 11.3. The highest BCUT2D eigenvalue weighted by molar-refractivity contribution is 5.78. The molecule has 1 amide bonds. The predicted octanol–water partition coefficient (Wildman–Crippen LogP) is -0.642. The average Bonchev–Trinajstić information content (AvgIpc) is 2.64. The van der Waals surface area contributed by atoms with E-state index in [0.717, 1.165) is 19.5 Å². The molecule has 84 valence electrons. The van der Waals surface area contributed by atoms with Gasteiger partial charge in [-0.1, -0.05) is 0 Å². The normalized spacial score (nSPS) is 24.8. The van der Waals surface area contributed by atoms with Crippen molar-refractivity contribution in [3.63, 3.8) is 0 Å². The number of hydrogen-bond donors (Lipinski definition) is 3. The van der Waals surface area contributed by atoms with Crippen LogP contribution in [0.5, 0.6) is 0 Å². The van der Waals surface area contributed by atoms with Crippen molar-refractivity contribution in [1.82, 2.24) is 16.0 Å². The fourth-order valence-electron chi connectivity index (χ4n) is 1.58. The minimum absolute atomic E-state index is 0.0343. The third-order valence-electron chi connectivity index (χ3n) is 2.60. The highest BCUT2D eigenvalue weighted by Crippen LogP contribution is 2.12. The van der Waals surface area contributed by atoms with Gasteiger partial charge in [-0.25, -0.2) is 0 Å². The van der Waals surface area contributed by atoms with Gasteiger partial charge in [-0.15, -0.1) is 0 Å². The van der Waals surface area contributed by atoms with Crippen molar-refractivity contribution < 1.29 is 4.79 Å². The summed E-state index contributed by atoms with van der Waals surface area (Å²) in [6, 6.07) is 1.98. The third kappa shape index (κ3) is 4.28. The standard InChI is InChI=1S/C10H18N4O/c1-10(3-6-12-8-10)14-7-9(15)13-5-2-4-11/h12,14H,2-3,5-8H2,1H3,(H,13,15). The van der Waals surface area contributed by atoms with Crippen LogP contribution in [0.2, 0.25) is 0 Å². The van der Waals surface area contributed by atoms with Crippen molar-refractivity contribution in [3.8, 4) is 6.07 Å². The molecule has 1 aliphatic rings. The van der Waals surface area contributed by atoms with Gasteiger partial charge >= 0.3 is 0 Å². The van der Waals surface area contributed by atoms with E-state index < -0.39 is 0 Å². The fraction of sp³-hybridized carbons (Fsp3) is 0.800. The van der Waals surface area contributed by atoms with E-state index in [4.69, 9.17) is 5.26 Å². The van der Waals surface area contributed by atoms with Gasteiger partial charge < -0.3 is 16.0 Å². The molecule has 15 heavy (non-hydrogen) atoms. The molecule has 0 spiro atoms. The van der Waals surface area contributed by atoms with Crippen LogP contribution in [-0.2, 0) is 4.79 Å². The SMILES string of the molecule is CC1(NCC(=O)NCCC#N)CCNC1. The highest BCUT2D eigenvalue weighted by atomic mass is 16.1. The molecule has 5 nitrogen and oxygen atoms in total. The molecule has 1 heterocycles. The van der Waals surface area contributed by atoms with Crippen LogP contribution in [0.4, 0.5) is 0 Å². The summed E-state index contributed by atoms with van der Waals surface area (Å²) < 4.78 is 0. The summed E-state index contributed by atoms with van der Waals surface area (Å²) in [5, 5.41) is 17.5. The maximum Gasteiger partial charge on any atom is 0.234 e. The summed E-state index contributed by atoms with van der Waals surface area (Å²) in [6.07, 6.45) is 1.41. The van der Waals surface area contributed by atoms with Gasteiger partial charge in [0.15, 0.2) is 0 Å². The van der Waals surface area contributed by atoms with E-state index in [0.29, 0.717) is 19.5 Å². The molecule has 5 heteroatoms. The van der Waals surface area contributed by atoms with Gasteiger partial charge in [0.25, 0.3) is 0 Å². The summed E-state index contributed by atoms with van der Waals surface area (Å²) in [6.45, 7) is 4.77. The van der Waals surface area contributed by atoms with Crippen LogP contribution in [0.1, 0.15) is 19.8 Å². The molecule has 0 aromatic carbocycles. The fourth-order valence-corrected chi connectivity index (χ4v) is 1.58. The zero-order valence-corrected chi connectivity index (χ0v) is 9.10. The molecule has 0 bridgehead atoms. The third-order valence-corrected chi connectivity index (χ3v) is 2.60. The zero-order chi connectivity index (χ0) is 11.1. The zero-order valence-electron chi connectivity index (χ0n) is 9.10. The van der Waals surface area contributed by atoms with E-state index in [1.54, 1.807) is 0 Å². The van der Waals surface area contributed by atoms with Gasteiger partial charge in [-0.2, -0.15) is 5.26 Å². The predicted molar refractivity (Wildman–Crippen MR) is 57.1 cm³/mol. The number of nitrogens with zero attached hydrogens (tertiary/aromatic N) is 1. The number of carbonyl (C=O) groups is 1. The number of hydrogen-bond acceptors (Lipinski definition) is 4. The minimum atomic E-state index is -0.0432. The number of amides is 1. The molecule has 0 radical (unpaired) electrons. The van der Waals surface area contributed by atoms with E-state index in [9.17, 15) is 4.79 Å². The lowest BCUT2D eigenvalue weighted by atomic mass is 10.0. The second-order valence-corrected chi connectivity index (χ2v) is 4.10. The number of carbonyl (C=O) groups excluding carboxylic acids is 1. The first kappa shape index (κ1) is 12.0. The van der Waals surface area contributed by atoms with Gasteiger partial charge in [-0.05, 0) is 19.9 Å². The molecule has 0 aliphatic carbocycles. The summed E-state index contributed by atoms with van der Waals surface area (Å²) >= 11 is 0. The second-order valence-electron chi connectivity index (χ2n) is 4.10. The van der Waals surface area contributed by atoms with Gasteiger partial charge in [0.2, 0.25) is 5.91 Å². The Balaban J connectivity index is 2.13. The maximum atomic E-state index is 11.3. The van der Waals surface area contributed by atoms with Crippen molar-refractivity contribution in [2.24, 2.45) is 0 Å². The Hall–Kier alpha value is -1.12. The summed E-state index contributed by atoms with van der Waals surface area (Å²) in [5.74, 6) is -0.0432. The van der Waals surface area contributed by atoms with Crippen LogP contribution in [0.25, 0.3) is 0 Å². The highest BCUT2D eigenvalue weighted by Gasteiger charge is 2.27. The quantitative estimate of drug-likeness (QED) is 0.527. The summed E-state index contributed by atoms with van der Waals surface area (Å²) in [7, 11) is 0. The van der Waals surface area contributed by atoms with Crippen LogP contribution in [0.3, 0.4) is 0 Å². The Morgan fingerprint density at radius 1 is 1.67 bits per heavy atom. The topological polar surface area (TPSA) is 77.0 Å². The smallest absolute Gasteiger partial charge is 0.234 e. The van der Waals surface area contributed by atoms with E-state index in [1.165, 1.54) is 0 Å². The number of nitrogens with one attached hydrogen (secondary N) is 3. The maximum absolute atomic E-state index is 11.3. The Kier molecular flexibility index (Phi) is 4.53. The van der Waals surface area contributed by atoms with Crippen LogP contribution in [0, 0.1) is 11.3 Å². The van der Waals surface area contributed by atoms with Gasteiger partial charge in [0.1, 0.15) is 0 Å². The molecule has 1 fully saturated rings. The molecule has 0 aromatic heterocycles. The number of rotatable bonds is 5. The Bertz CT molecular complexity index is 253. The monoisotopic (exact) mass is 210 g/mol. The van der Waals surface area contributed by atoms with E-state index in [-0.39, 0.29) is 11.4 Å². The van der Waals surface area contributed by atoms with Crippen molar-refractivity contribution >= 4 is 5.91 Å². The van der Waals surface area contributed by atoms with Crippen molar-refractivity contribution in [3.05, 3.63) is 0 Å². The van der Waals surface area contributed by atoms with Crippen LogP contribution < -0.4 is 16.0 Å². The van der Waals surface area contributed by atoms with Crippen LogP contribution in [0.15, 0.2) is 0 Å². The minimum Gasteiger partial charge on any atom is -0.354 e. The van der Waals surface area contributed by atoms with Crippen molar-refractivity contribution in [2.45, 2.75) is 25.3 Å². The van der Waals surface area contributed by atoms with Crippen molar-refractivity contribution in [2.75, 3.05) is 26.2 Å². The average molecular weight is 210 g/mol. The van der Waals surface area contributed by atoms with Crippen LogP contribution in [-0.4, -0.2) is 37.6 Å². The molecule has 0 saturated carbocycles. The van der Waals surface area contributed by atoms with Crippen LogP contribution >= 0.6 is 0 Å². The molecule has 1 aliphatic heterocycles. The van der Waals surface area contributed by atoms with E-state index in [2.05, 4.69) is 22.9 Å². The first-order valence-corrected chi connectivity index (χ1v) is 5.26. The molecule has 3 N–H and O–H groups in total. The first-order chi connectivity index (χ1) is 7.16. The Labute approximate surface area is 90.2 Å². The first-order valence-electron chi connectivity index (χ1n) is 5.26. The van der Waals surface area contributed by atoms with E-state index >= 15 is 0 Å². The van der Waals surface area contributed by atoms with Crippen molar-refractivity contribution in [1.29, 1.82) is 5.26 Å². The van der Waals surface area contributed by atoms with Gasteiger partial charge in [-0.3, -0.25) is 4.79 Å². The Morgan fingerprint density at radius 3 is 3.07 bits per heavy atom. The lowest BCUT2D eigenvalue weighted by Crippen LogP contribution is -2.48. The second kappa shape index (κ2) is 5.69. The molecule has 1 atom stereocenters. The number of nitriles is 1. The molecular weight excluding hydrogens is 192 g/mol. The largest absolute Gasteiger partial charge is 0.354 e. The molecule has 1 saturated heterocycles. The molecule has 1 unspecified atom stereocenters. The summed E-state index contributed by atoms with van der Waals surface area (Å²) in [5.41, 5.74) is 0.0343. The molecular formula is C10H18N4O. The Morgan fingerprint density at radius 2 is 2.47 bits per heavy atom. The lowest BCUT2D eigenvalue weighted by Gasteiger charge is -2.24. The van der Waals surface area contributed by atoms with Gasteiger partial charge in [0.05, 0.1) is 19.0 Å².